The Morgan fingerprint density at radius 3 is 2.93 bits per heavy atom. The molecule has 0 bridgehead atoms. The van der Waals surface area contributed by atoms with Gasteiger partial charge in [-0.1, -0.05) is 0 Å². The molecule has 1 atom stereocenters. The molecule has 88 valence electrons. The van der Waals surface area contributed by atoms with E-state index < -0.39 is 12.7 Å². The smallest absolute Gasteiger partial charge is 0.345 e. The van der Waals surface area contributed by atoms with Gasteiger partial charge < -0.3 is 14.4 Å². The van der Waals surface area contributed by atoms with Gasteiger partial charge in [-0.2, -0.15) is 8.78 Å². The molecule has 15 heavy (non-hydrogen) atoms. The molecule has 1 aliphatic heterocycles. The van der Waals surface area contributed by atoms with Crippen LogP contribution in [0.5, 0.6) is 0 Å². The van der Waals surface area contributed by atoms with E-state index in [2.05, 4.69) is 4.74 Å². The number of amides is 1. The summed E-state index contributed by atoms with van der Waals surface area (Å²) in [5, 5.41) is 0. The van der Waals surface area contributed by atoms with Crippen LogP contribution in [0.2, 0.25) is 0 Å². The number of carbonyl (C=O) groups excluding carboxylic acids is 1. The van der Waals surface area contributed by atoms with E-state index in [4.69, 9.17) is 4.74 Å². The second-order valence-electron chi connectivity index (χ2n) is 3.28. The SMILES string of the molecule is CCOCC(=O)N1CC[C@H](OC(F)F)C1. The summed E-state index contributed by atoms with van der Waals surface area (Å²) in [6.45, 7) is 0.200. The molecule has 1 fully saturated rings. The van der Waals surface area contributed by atoms with E-state index >= 15 is 0 Å². The van der Waals surface area contributed by atoms with Crippen LogP contribution in [-0.2, 0) is 14.3 Å². The van der Waals surface area contributed by atoms with Crippen LogP contribution >= 0.6 is 0 Å². The number of ether oxygens (including phenoxy) is 2. The van der Waals surface area contributed by atoms with E-state index in [0.717, 1.165) is 0 Å². The maximum absolute atomic E-state index is 11.9. The summed E-state index contributed by atoms with van der Waals surface area (Å²) in [5.74, 6) is -0.169. The van der Waals surface area contributed by atoms with Gasteiger partial charge in [-0.3, -0.25) is 4.79 Å². The van der Waals surface area contributed by atoms with Crippen LogP contribution in [0.4, 0.5) is 8.78 Å². The van der Waals surface area contributed by atoms with Gasteiger partial charge in [-0.15, -0.1) is 0 Å². The van der Waals surface area contributed by atoms with Crippen LogP contribution < -0.4 is 0 Å². The van der Waals surface area contributed by atoms with E-state index in [1.54, 1.807) is 6.92 Å². The molecule has 6 heteroatoms. The highest BCUT2D eigenvalue weighted by Gasteiger charge is 2.28. The van der Waals surface area contributed by atoms with Crippen LogP contribution in [-0.4, -0.2) is 49.8 Å². The van der Waals surface area contributed by atoms with Crippen molar-refractivity contribution in [3.8, 4) is 0 Å². The molecular weight excluding hydrogens is 208 g/mol. The van der Waals surface area contributed by atoms with Crippen molar-refractivity contribution in [2.45, 2.75) is 26.1 Å². The Morgan fingerprint density at radius 2 is 2.33 bits per heavy atom. The molecule has 0 aromatic heterocycles. The largest absolute Gasteiger partial charge is 0.372 e. The molecule has 1 amide bonds. The maximum Gasteiger partial charge on any atom is 0.345 e. The molecule has 0 unspecified atom stereocenters. The third-order valence-electron chi connectivity index (χ3n) is 2.22. The highest BCUT2D eigenvalue weighted by atomic mass is 19.3. The van der Waals surface area contributed by atoms with E-state index in [1.807, 2.05) is 0 Å². The monoisotopic (exact) mass is 223 g/mol. The molecule has 1 heterocycles. The number of carbonyl (C=O) groups is 1. The Kier molecular flexibility index (Phi) is 4.90. The first-order chi connectivity index (χ1) is 7.13. The number of likely N-dealkylation sites (tertiary alicyclic amines) is 1. The Bertz CT molecular complexity index is 214. The van der Waals surface area contributed by atoms with Gasteiger partial charge in [0.1, 0.15) is 6.61 Å². The summed E-state index contributed by atoms with van der Waals surface area (Å²) < 4.78 is 33.0. The summed E-state index contributed by atoms with van der Waals surface area (Å²) in [5.41, 5.74) is 0. The lowest BCUT2D eigenvalue weighted by molar-refractivity contribution is -0.160. The molecule has 1 rings (SSSR count). The van der Waals surface area contributed by atoms with Crippen molar-refractivity contribution in [3.05, 3.63) is 0 Å². The lowest BCUT2D eigenvalue weighted by atomic mass is 10.3. The molecule has 0 aromatic rings. The standard InChI is InChI=1S/C9H15F2NO3/c1-2-14-6-8(13)12-4-3-7(5-12)15-9(10)11/h7,9H,2-6H2,1H3/t7-/m0/s1. The zero-order valence-electron chi connectivity index (χ0n) is 8.62. The minimum absolute atomic E-state index is 0.0118. The Balaban J connectivity index is 2.26. The van der Waals surface area contributed by atoms with Gasteiger partial charge in [0.05, 0.1) is 6.10 Å². The van der Waals surface area contributed by atoms with Crippen LogP contribution in [0.3, 0.4) is 0 Å². The van der Waals surface area contributed by atoms with Crippen molar-refractivity contribution in [1.29, 1.82) is 0 Å². The maximum atomic E-state index is 11.9. The van der Waals surface area contributed by atoms with Gasteiger partial charge >= 0.3 is 6.61 Å². The van der Waals surface area contributed by atoms with Crippen LogP contribution in [0.15, 0.2) is 0 Å². The highest BCUT2D eigenvalue weighted by Crippen LogP contribution is 2.15. The van der Waals surface area contributed by atoms with Crippen molar-refractivity contribution in [2.75, 3.05) is 26.3 Å². The molecule has 0 aliphatic carbocycles. The van der Waals surface area contributed by atoms with E-state index in [1.165, 1.54) is 4.90 Å². The third kappa shape index (κ3) is 4.09. The van der Waals surface area contributed by atoms with Gasteiger partial charge in [0.2, 0.25) is 5.91 Å². The predicted molar refractivity (Wildman–Crippen MR) is 48.6 cm³/mol. The van der Waals surface area contributed by atoms with E-state index in [9.17, 15) is 13.6 Å². The quantitative estimate of drug-likeness (QED) is 0.694. The summed E-state index contributed by atoms with van der Waals surface area (Å²) in [7, 11) is 0. The predicted octanol–water partition coefficient (Wildman–Crippen LogP) is 0.863. The fourth-order valence-electron chi connectivity index (χ4n) is 1.49. The highest BCUT2D eigenvalue weighted by molar-refractivity contribution is 5.77. The lowest BCUT2D eigenvalue weighted by Crippen LogP contribution is -2.33. The van der Waals surface area contributed by atoms with E-state index in [0.29, 0.717) is 19.6 Å². The topological polar surface area (TPSA) is 38.8 Å². The van der Waals surface area contributed by atoms with Crippen molar-refractivity contribution in [1.82, 2.24) is 4.90 Å². The average molecular weight is 223 g/mol. The van der Waals surface area contributed by atoms with Gasteiger partial charge in [0.25, 0.3) is 0 Å². The Labute approximate surface area is 87.1 Å². The molecule has 0 spiro atoms. The molecule has 1 aliphatic rings. The van der Waals surface area contributed by atoms with Crippen molar-refractivity contribution in [3.63, 3.8) is 0 Å². The Morgan fingerprint density at radius 1 is 1.60 bits per heavy atom. The van der Waals surface area contributed by atoms with Crippen molar-refractivity contribution in [2.24, 2.45) is 0 Å². The first kappa shape index (κ1) is 12.3. The fourth-order valence-corrected chi connectivity index (χ4v) is 1.49. The van der Waals surface area contributed by atoms with Gasteiger partial charge in [-0.05, 0) is 13.3 Å². The summed E-state index contributed by atoms with van der Waals surface area (Å²) in [4.78, 5) is 12.9. The fraction of sp³-hybridized carbons (Fsp3) is 0.889. The van der Waals surface area contributed by atoms with Crippen molar-refractivity contribution < 1.29 is 23.0 Å². The van der Waals surface area contributed by atoms with Gasteiger partial charge in [0.15, 0.2) is 0 Å². The second-order valence-corrected chi connectivity index (χ2v) is 3.28. The molecule has 0 saturated carbocycles. The van der Waals surface area contributed by atoms with Crippen LogP contribution in [0.1, 0.15) is 13.3 Å². The number of hydrogen-bond donors (Lipinski definition) is 0. The average Bonchev–Trinajstić information content (AvgIpc) is 2.61. The molecule has 0 aromatic carbocycles. The zero-order chi connectivity index (χ0) is 11.3. The number of rotatable bonds is 5. The van der Waals surface area contributed by atoms with Gasteiger partial charge in [0, 0.05) is 19.7 Å². The van der Waals surface area contributed by atoms with E-state index in [-0.39, 0.29) is 19.1 Å². The number of alkyl halides is 2. The summed E-state index contributed by atoms with van der Waals surface area (Å²) in [6, 6.07) is 0. The molecule has 4 nitrogen and oxygen atoms in total. The van der Waals surface area contributed by atoms with Crippen molar-refractivity contribution >= 4 is 5.91 Å². The molecule has 0 radical (unpaired) electrons. The number of halogens is 2. The first-order valence-electron chi connectivity index (χ1n) is 4.92. The van der Waals surface area contributed by atoms with Crippen LogP contribution in [0, 0.1) is 0 Å². The zero-order valence-corrected chi connectivity index (χ0v) is 8.62. The minimum Gasteiger partial charge on any atom is -0.372 e. The second kappa shape index (κ2) is 5.97. The van der Waals surface area contributed by atoms with Crippen LogP contribution in [0.25, 0.3) is 0 Å². The molecular formula is C9H15F2NO3. The molecule has 0 N–H and O–H groups in total. The first-order valence-corrected chi connectivity index (χ1v) is 4.92. The summed E-state index contributed by atoms with van der Waals surface area (Å²) in [6.07, 6.45) is -0.0852. The molecule has 1 saturated heterocycles. The minimum atomic E-state index is -2.77. The summed E-state index contributed by atoms with van der Waals surface area (Å²) >= 11 is 0. The Hall–Kier alpha value is -0.750. The normalized spacial score (nSPS) is 21.3. The van der Waals surface area contributed by atoms with Gasteiger partial charge in [-0.25, -0.2) is 0 Å². The number of hydrogen-bond acceptors (Lipinski definition) is 3. The third-order valence-corrected chi connectivity index (χ3v) is 2.22. The number of nitrogens with zero attached hydrogens (tertiary/aromatic N) is 1. The lowest BCUT2D eigenvalue weighted by Gasteiger charge is -2.16.